The summed E-state index contributed by atoms with van der Waals surface area (Å²) in [6.07, 6.45) is 1.70. The largest absolute Gasteiger partial charge is 0.355 e. The smallest absolute Gasteiger partial charge is 0.218 e. The standard InChI is InChI=1S/C19H20N4O2S/c20-9-16-7-4-8-21-19(16)22-10-17-12-23(13-18(17)11-22)26(24,25)14-15-5-2-1-3-6-15/h1-8,17-18H,10-14H2. The van der Waals surface area contributed by atoms with Crippen LogP contribution in [-0.4, -0.2) is 43.9 Å². The summed E-state index contributed by atoms with van der Waals surface area (Å²) in [4.78, 5) is 6.47. The third kappa shape index (κ3) is 3.18. The fraction of sp³-hybridized carbons (Fsp3) is 0.368. The predicted octanol–water partition coefficient (Wildman–Crippen LogP) is 1.85. The molecular formula is C19H20N4O2S. The van der Waals surface area contributed by atoms with Gasteiger partial charge in [-0.3, -0.25) is 0 Å². The number of sulfonamides is 1. The zero-order valence-electron chi connectivity index (χ0n) is 14.3. The quantitative estimate of drug-likeness (QED) is 0.823. The van der Waals surface area contributed by atoms with Gasteiger partial charge < -0.3 is 4.90 Å². The first-order valence-corrected chi connectivity index (χ1v) is 10.3. The number of hydrogen-bond donors (Lipinski definition) is 0. The second kappa shape index (κ2) is 6.71. The highest BCUT2D eigenvalue weighted by Crippen LogP contribution is 2.35. The highest BCUT2D eigenvalue weighted by atomic mass is 32.2. The average Bonchev–Trinajstić information content (AvgIpc) is 3.22. The van der Waals surface area contributed by atoms with Crippen molar-refractivity contribution in [3.05, 3.63) is 59.8 Å². The van der Waals surface area contributed by atoms with Crippen molar-refractivity contribution in [2.24, 2.45) is 11.8 Å². The van der Waals surface area contributed by atoms with Crippen molar-refractivity contribution in [2.45, 2.75) is 5.75 Å². The van der Waals surface area contributed by atoms with Crippen LogP contribution in [-0.2, 0) is 15.8 Å². The number of aromatic nitrogens is 1. The van der Waals surface area contributed by atoms with Gasteiger partial charge in [0.2, 0.25) is 10.0 Å². The summed E-state index contributed by atoms with van der Waals surface area (Å²) in [5.41, 5.74) is 1.39. The molecule has 7 heteroatoms. The lowest BCUT2D eigenvalue weighted by atomic mass is 10.0. The van der Waals surface area contributed by atoms with Crippen LogP contribution in [0.3, 0.4) is 0 Å². The number of pyridine rings is 1. The van der Waals surface area contributed by atoms with Crippen molar-refractivity contribution >= 4 is 15.8 Å². The van der Waals surface area contributed by atoms with E-state index in [-0.39, 0.29) is 17.6 Å². The van der Waals surface area contributed by atoms with Crippen molar-refractivity contribution in [3.63, 3.8) is 0 Å². The van der Waals surface area contributed by atoms with Crippen LogP contribution < -0.4 is 4.90 Å². The van der Waals surface area contributed by atoms with Gasteiger partial charge in [-0.15, -0.1) is 0 Å². The number of nitriles is 1. The Morgan fingerprint density at radius 3 is 2.38 bits per heavy atom. The molecule has 2 fully saturated rings. The second-order valence-corrected chi connectivity index (χ2v) is 8.94. The van der Waals surface area contributed by atoms with Gasteiger partial charge in [-0.1, -0.05) is 30.3 Å². The number of nitrogens with zero attached hydrogens (tertiary/aromatic N) is 4. The molecule has 1 aromatic heterocycles. The van der Waals surface area contributed by atoms with E-state index < -0.39 is 10.0 Å². The molecule has 2 aliphatic rings. The summed E-state index contributed by atoms with van der Waals surface area (Å²) < 4.78 is 27.1. The fourth-order valence-corrected chi connectivity index (χ4v) is 5.60. The van der Waals surface area contributed by atoms with Crippen LogP contribution in [0.15, 0.2) is 48.7 Å². The minimum Gasteiger partial charge on any atom is -0.355 e. The fourth-order valence-electron chi connectivity index (χ4n) is 3.96. The topological polar surface area (TPSA) is 77.3 Å². The maximum absolute atomic E-state index is 12.7. The highest BCUT2D eigenvalue weighted by molar-refractivity contribution is 7.88. The minimum absolute atomic E-state index is 0.0514. The highest BCUT2D eigenvalue weighted by Gasteiger charge is 2.44. The molecule has 1 aromatic carbocycles. The molecule has 0 bridgehead atoms. The Hall–Kier alpha value is -2.43. The Morgan fingerprint density at radius 2 is 1.73 bits per heavy atom. The van der Waals surface area contributed by atoms with Crippen LogP contribution >= 0.6 is 0 Å². The van der Waals surface area contributed by atoms with Crippen LogP contribution in [0.25, 0.3) is 0 Å². The predicted molar refractivity (Wildman–Crippen MR) is 98.8 cm³/mol. The third-order valence-corrected chi connectivity index (χ3v) is 7.03. The average molecular weight is 368 g/mol. The van der Waals surface area contributed by atoms with E-state index in [1.807, 2.05) is 30.3 Å². The molecule has 2 aliphatic heterocycles. The molecule has 0 N–H and O–H groups in total. The number of benzene rings is 1. The molecule has 0 spiro atoms. The van der Waals surface area contributed by atoms with Gasteiger partial charge in [0, 0.05) is 32.4 Å². The van der Waals surface area contributed by atoms with Crippen molar-refractivity contribution in [1.82, 2.24) is 9.29 Å². The van der Waals surface area contributed by atoms with Crippen LogP contribution in [0.1, 0.15) is 11.1 Å². The van der Waals surface area contributed by atoms with E-state index >= 15 is 0 Å². The SMILES string of the molecule is N#Cc1cccnc1N1CC2CN(S(=O)(=O)Cc3ccccc3)CC2C1. The van der Waals surface area contributed by atoms with Gasteiger partial charge in [-0.05, 0) is 29.5 Å². The van der Waals surface area contributed by atoms with Crippen molar-refractivity contribution in [1.29, 1.82) is 5.26 Å². The van der Waals surface area contributed by atoms with Gasteiger partial charge in [0.15, 0.2) is 0 Å². The van der Waals surface area contributed by atoms with E-state index in [9.17, 15) is 13.7 Å². The monoisotopic (exact) mass is 368 g/mol. The third-order valence-electron chi connectivity index (χ3n) is 5.24. The Bertz CT molecular complexity index is 926. The summed E-state index contributed by atoms with van der Waals surface area (Å²) >= 11 is 0. The molecule has 26 heavy (non-hydrogen) atoms. The molecule has 0 aliphatic carbocycles. The summed E-state index contributed by atoms with van der Waals surface area (Å²) in [5, 5.41) is 9.27. The lowest BCUT2D eigenvalue weighted by Gasteiger charge is -2.22. The molecule has 0 radical (unpaired) electrons. The molecule has 0 saturated carbocycles. The van der Waals surface area contributed by atoms with E-state index in [2.05, 4.69) is 16.0 Å². The maximum Gasteiger partial charge on any atom is 0.218 e. The van der Waals surface area contributed by atoms with E-state index in [0.29, 0.717) is 24.5 Å². The summed E-state index contributed by atoms with van der Waals surface area (Å²) in [6.45, 7) is 2.58. The van der Waals surface area contributed by atoms with Crippen LogP contribution in [0.4, 0.5) is 5.82 Å². The van der Waals surface area contributed by atoms with Crippen LogP contribution in [0.5, 0.6) is 0 Å². The van der Waals surface area contributed by atoms with Gasteiger partial charge in [0.05, 0.1) is 11.3 Å². The minimum atomic E-state index is -3.30. The molecule has 0 amide bonds. The number of anilines is 1. The molecule has 6 nitrogen and oxygen atoms in total. The molecular weight excluding hydrogens is 348 g/mol. The first kappa shape index (κ1) is 17.0. The van der Waals surface area contributed by atoms with Crippen LogP contribution in [0, 0.1) is 23.2 Å². The van der Waals surface area contributed by atoms with Gasteiger partial charge in [0.25, 0.3) is 0 Å². The Kier molecular flexibility index (Phi) is 4.39. The molecule has 3 heterocycles. The lowest BCUT2D eigenvalue weighted by Crippen LogP contribution is -2.34. The maximum atomic E-state index is 12.7. The summed E-state index contributed by atoms with van der Waals surface area (Å²) in [6, 6.07) is 15.0. The summed E-state index contributed by atoms with van der Waals surface area (Å²) in [7, 11) is -3.30. The van der Waals surface area contributed by atoms with Gasteiger partial charge in [-0.2, -0.15) is 5.26 Å². The van der Waals surface area contributed by atoms with E-state index in [0.717, 1.165) is 18.7 Å². The molecule has 2 aromatic rings. The van der Waals surface area contributed by atoms with Crippen molar-refractivity contribution in [3.8, 4) is 6.07 Å². The van der Waals surface area contributed by atoms with Gasteiger partial charge in [0.1, 0.15) is 11.9 Å². The Labute approximate surface area is 153 Å². The first-order valence-electron chi connectivity index (χ1n) is 8.68. The number of rotatable bonds is 4. The van der Waals surface area contributed by atoms with E-state index in [4.69, 9.17) is 0 Å². The molecule has 2 unspecified atom stereocenters. The second-order valence-electron chi connectivity index (χ2n) is 6.97. The molecule has 134 valence electrons. The Morgan fingerprint density at radius 1 is 1.04 bits per heavy atom. The lowest BCUT2D eigenvalue weighted by molar-refractivity contribution is 0.452. The van der Waals surface area contributed by atoms with Crippen LogP contribution in [0.2, 0.25) is 0 Å². The zero-order chi connectivity index (χ0) is 18.1. The first-order chi connectivity index (χ1) is 12.6. The molecule has 2 saturated heterocycles. The normalized spacial score (nSPS) is 23.0. The van der Waals surface area contributed by atoms with Crippen molar-refractivity contribution < 1.29 is 8.42 Å². The van der Waals surface area contributed by atoms with Crippen molar-refractivity contribution in [2.75, 3.05) is 31.1 Å². The molecule has 4 rings (SSSR count). The molecule has 2 atom stereocenters. The number of hydrogen-bond acceptors (Lipinski definition) is 5. The Balaban J connectivity index is 1.44. The van der Waals surface area contributed by atoms with E-state index in [1.165, 1.54) is 0 Å². The zero-order valence-corrected chi connectivity index (χ0v) is 15.1. The summed E-state index contributed by atoms with van der Waals surface area (Å²) in [5.74, 6) is 1.34. The van der Waals surface area contributed by atoms with E-state index in [1.54, 1.807) is 22.6 Å². The van der Waals surface area contributed by atoms with Gasteiger partial charge >= 0.3 is 0 Å². The number of fused-ring (bicyclic) bond motifs is 1. The van der Waals surface area contributed by atoms with Gasteiger partial charge in [-0.25, -0.2) is 17.7 Å².